The molecule has 0 aliphatic heterocycles. The van der Waals surface area contributed by atoms with Crippen molar-refractivity contribution in [1.29, 1.82) is 0 Å². The smallest absolute Gasteiger partial charge is 0.120 e. The Bertz CT molecular complexity index is 1090. The fraction of sp³-hybridized carbons (Fsp3) is 0.308. The first-order valence-electron chi connectivity index (χ1n) is 10.9. The van der Waals surface area contributed by atoms with E-state index < -0.39 is 17.2 Å². The molecule has 6 heteroatoms. The number of rotatable bonds is 9. The summed E-state index contributed by atoms with van der Waals surface area (Å²) in [4.78, 5) is 0. The first kappa shape index (κ1) is 22.7. The van der Waals surface area contributed by atoms with E-state index in [4.69, 9.17) is 4.74 Å². The van der Waals surface area contributed by atoms with E-state index in [1.807, 2.05) is 36.4 Å². The molecule has 0 radical (unpaired) electrons. The van der Waals surface area contributed by atoms with Crippen LogP contribution < -0.4 is 10.1 Å². The van der Waals surface area contributed by atoms with Gasteiger partial charge in [0.15, 0.2) is 0 Å². The lowest BCUT2D eigenvalue weighted by Crippen LogP contribution is -2.30. The minimum absolute atomic E-state index is 0.125. The van der Waals surface area contributed by atoms with Gasteiger partial charge in [0.1, 0.15) is 12.4 Å². The van der Waals surface area contributed by atoms with Crippen LogP contribution in [-0.2, 0) is 24.1 Å². The van der Waals surface area contributed by atoms with Gasteiger partial charge in [-0.2, -0.15) is 0 Å². The fourth-order valence-electron chi connectivity index (χ4n) is 4.33. The molecule has 0 bridgehead atoms. The Kier molecular flexibility index (Phi) is 7.37. The van der Waals surface area contributed by atoms with Gasteiger partial charge in [0.25, 0.3) is 0 Å². The van der Waals surface area contributed by atoms with Crippen LogP contribution in [0.1, 0.15) is 34.7 Å². The highest BCUT2D eigenvalue weighted by molar-refractivity contribution is 7.79. The Labute approximate surface area is 191 Å². The summed E-state index contributed by atoms with van der Waals surface area (Å²) in [6.45, 7) is 3.14. The van der Waals surface area contributed by atoms with Crippen LogP contribution in [0.5, 0.6) is 5.75 Å². The number of hydrogen-bond acceptors (Lipinski definition) is 5. The molecule has 0 fully saturated rings. The molecular weight excluding hydrogens is 422 g/mol. The molecular formula is C26H28NO4S-. The molecule has 3 atom stereocenters. The lowest BCUT2D eigenvalue weighted by molar-refractivity contribution is 0.141. The average molecular weight is 451 g/mol. The van der Waals surface area contributed by atoms with Crippen LogP contribution in [0.15, 0.2) is 66.7 Å². The van der Waals surface area contributed by atoms with Gasteiger partial charge in [-0.3, -0.25) is 4.21 Å². The van der Waals surface area contributed by atoms with Gasteiger partial charge in [0, 0.05) is 12.2 Å². The van der Waals surface area contributed by atoms with Crippen molar-refractivity contribution in [3.8, 4) is 16.9 Å². The van der Waals surface area contributed by atoms with Crippen molar-refractivity contribution in [3.05, 3.63) is 89.0 Å². The van der Waals surface area contributed by atoms with Gasteiger partial charge in [0.2, 0.25) is 0 Å². The Morgan fingerprint density at radius 2 is 1.94 bits per heavy atom. The van der Waals surface area contributed by atoms with E-state index in [0.29, 0.717) is 26.0 Å². The minimum Gasteiger partial charge on any atom is -0.772 e. The van der Waals surface area contributed by atoms with E-state index in [9.17, 15) is 13.9 Å². The molecule has 3 aromatic carbocycles. The van der Waals surface area contributed by atoms with Crippen molar-refractivity contribution in [2.75, 3.05) is 12.3 Å². The normalized spacial score (nSPS) is 18.3. The third-order valence-electron chi connectivity index (χ3n) is 6.04. The second-order valence-corrected chi connectivity index (χ2v) is 9.19. The van der Waals surface area contributed by atoms with E-state index in [1.54, 1.807) is 0 Å². The molecule has 0 amide bonds. The summed E-state index contributed by atoms with van der Waals surface area (Å²) in [6, 6.07) is 22.4. The van der Waals surface area contributed by atoms with Gasteiger partial charge in [0.05, 0.1) is 12.1 Å². The molecule has 0 spiro atoms. The summed E-state index contributed by atoms with van der Waals surface area (Å²) >= 11 is -2.03. The van der Waals surface area contributed by atoms with E-state index in [-0.39, 0.29) is 11.8 Å². The van der Waals surface area contributed by atoms with Crippen molar-refractivity contribution < 1.29 is 18.6 Å². The lowest BCUT2D eigenvalue weighted by atomic mass is 9.97. The molecule has 0 aromatic heterocycles. The zero-order valence-electron chi connectivity index (χ0n) is 18.1. The minimum atomic E-state index is -2.03. The van der Waals surface area contributed by atoms with E-state index in [2.05, 4.69) is 42.6 Å². The molecule has 2 N–H and O–H groups in total. The highest BCUT2D eigenvalue weighted by Crippen LogP contribution is 2.34. The Morgan fingerprint density at radius 1 is 1.12 bits per heavy atom. The maximum atomic E-state index is 10.7. The SMILES string of the molecule is Cc1c(COc2ccc3c(c2)C[C@H](O)[C@H]3NCCCS(=O)[O-])cccc1-c1ccccc1. The second kappa shape index (κ2) is 10.4. The second-order valence-electron chi connectivity index (χ2n) is 8.17. The van der Waals surface area contributed by atoms with Gasteiger partial charge in [-0.15, -0.1) is 0 Å². The standard InChI is InChI=1S/C26H29NO4S/c1-18-20(9-5-10-23(18)19-7-3-2-4-8-19)17-31-22-11-12-24-21(15-22)16-25(28)26(24)27-13-6-14-32(29)30/h2-5,7-12,15,25-28H,6,13-14,16-17H2,1H3,(H,29,30)/p-1/t25-,26-/m0/s1. The molecule has 168 valence electrons. The molecule has 4 rings (SSSR count). The van der Waals surface area contributed by atoms with Gasteiger partial charge in [-0.25, -0.2) is 0 Å². The predicted molar refractivity (Wildman–Crippen MR) is 126 cm³/mol. The van der Waals surface area contributed by atoms with Crippen molar-refractivity contribution in [1.82, 2.24) is 5.32 Å². The molecule has 0 saturated carbocycles. The predicted octanol–water partition coefficient (Wildman–Crippen LogP) is 4.06. The van der Waals surface area contributed by atoms with Crippen LogP contribution in [0.3, 0.4) is 0 Å². The summed E-state index contributed by atoms with van der Waals surface area (Å²) in [7, 11) is 0. The summed E-state index contributed by atoms with van der Waals surface area (Å²) in [5, 5.41) is 13.8. The molecule has 1 aliphatic rings. The van der Waals surface area contributed by atoms with Crippen LogP contribution >= 0.6 is 0 Å². The molecule has 1 unspecified atom stereocenters. The molecule has 5 nitrogen and oxygen atoms in total. The fourth-order valence-corrected chi connectivity index (χ4v) is 4.71. The van der Waals surface area contributed by atoms with Crippen LogP contribution in [0.2, 0.25) is 0 Å². The number of nitrogens with one attached hydrogen (secondary N) is 1. The number of ether oxygens (including phenoxy) is 1. The van der Waals surface area contributed by atoms with Crippen molar-refractivity contribution in [2.45, 2.75) is 38.5 Å². The highest BCUT2D eigenvalue weighted by atomic mass is 32.2. The Balaban J connectivity index is 1.42. The largest absolute Gasteiger partial charge is 0.772 e. The monoisotopic (exact) mass is 450 g/mol. The van der Waals surface area contributed by atoms with Crippen molar-refractivity contribution in [2.24, 2.45) is 0 Å². The third-order valence-corrected chi connectivity index (χ3v) is 6.66. The Hall–Kier alpha value is -2.51. The van der Waals surface area contributed by atoms with E-state index in [1.165, 1.54) is 16.7 Å². The maximum Gasteiger partial charge on any atom is 0.120 e. The number of hydrogen-bond donors (Lipinski definition) is 2. The molecule has 32 heavy (non-hydrogen) atoms. The van der Waals surface area contributed by atoms with Gasteiger partial charge >= 0.3 is 0 Å². The van der Waals surface area contributed by atoms with E-state index >= 15 is 0 Å². The van der Waals surface area contributed by atoms with Crippen LogP contribution in [-0.4, -0.2) is 32.3 Å². The van der Waals surface area contributed by atoms with Gasteiger partial charge in [-0.1, -0.05) is 65.7 Å². The number of aliphatic hydroxyl groups is 1. The summed E-state index contributed by atoms with van der Waals surface area (Å²) in [5.74, 6) is 0.906. The van der Waals surface area contributed by atoms with Crippen LogP contribution in [0.4, 0.5) is 0 Å². The topological polar surface area (TPSA) is 81.6 Å². The molecule has 0 heterocycles. The molecule has 3 aromatic rings. The van der Waals surface area contributed by atoms with Crippen molar-refractivity contribution >= 4 is 11.1 Å². The highest BCUT2D eigenvalue weighted by Gasteiger charge is 2.30. The number of fused-ring (bicyclic) bond motifs is 1. The first-order valence-corrected chi connectivity index (χ1v) is 12.1. The summed E-state index contributed by atoms with van der Waals surface area (Å²) in [5.41, 5.74) is 6.86. The quantitative estimate of drug-likeness (QED) is 0.380. The lowest BCUT2D eigenvalue weighted by Gasteiger charge is -2.18. The van der Waals surface area contributed by atoms with Gasteiger partial charge < -0.3 is 19.7 Å². The van der Waals surface area contributed by atoms with E-state index in [0.717, 1.165) is 22.4 Å². The zero-order valence-corrected chi connectivity index (χ0v) is 18.9. The Morgan fingerprint density at radius 3 is 2.72 bits per heavy atom. The molecule has 0 saturated heterocycles. The first-order chi connectivity index (χ1) is 15.5. The number of benzene rings is 3. The van der Waals surface area contributed by atoms with Crippen LogP contribution in [0, 0.1) is 6.92 Å². The zero-order chi connectivity index (χ0) is 22.5. The van der Waals surface area contributed by atoms with Crippen LogP contribution in [0.25, 0.3) is 11.1 Å². The summed E-state index contributed by atoms with van der Waals surface area (Å²) < 4.78 is 27.5. The maximum absolute atomic E-state index is 10.7. The van der Waals surface area contributed by atoms with Gasteiger partial charge in [-0.05, 0) is 65.4 Å². The third kappa shape index (κ3) is 5.27. The number of aliphatic hydroxyl groups excluding tert-OH is 1. The van der Waals surface area contributed by atoms with Crippen molar-refractivity contribution in [3.63, 3.8) is 0 Å². The summed E-state index contributed by atoms with van der Waals surface area (Å²) in [6.07, 6.45) is 0.556. The molecule has 1 aliphatic carbocycles. The average Bonchev–Trinajstić information content (AvgIpc) is 3.10.